The number of aryl methyl sites for hydroxylation is 2. The van der Waals surface area contributed by atoms with E-state index < -0.39 is 17.5 Å². The van der Waals surface area contributed by atoms with E-state index in [4.69, 9.17) is 14.9 Å². The van der Waals surface area contributed by atoms with E-state index >= 15 is 0 Å². The van der Waals surface area contributed by atoms with E-state index in [0.29, 0.717) is 27.8 Å². The molecule has 0 bridgehead atoms. The van der Waals surface area contributed by atoms with Crippen molar-refractivity contribution in [3.8, 4) is 5.75 Å². The van der Waals surface area contributed by atoms with Crippen LogP contribution in [0.15, 0.2) is 21.3 Å². The molecule has 7 nitrogen and oxygen atoms in total. The molecule has 7 heteroatoms. The molecule has 1 heterocycles. The molecule has 0 radical (unpaired) electrons. The lowest BCUT2D eigenvalue weighted by Crippen LogP contribution is -2.20. The van der Waals surface area contributed by atoms with Gasteiger partial charge in [0, 0.05) is 10.9 Å². The van der Waals surface area contributed by atoms with Crippen molar-refractivity contribution in [3.05, 3.63) is 39.2 Å². The topological polar surface area (TPSA) is 109 Å². The molecular formula is C16H17NO6. The molecule has 122 valence electrons. The largest absolute Gasteiger partial charge is 0.483 e. The summed E-state index contributed by atoms with van der Waals surface area (Å²) in [5.41, 5.74) is 6.28. The average Bonchev–Trinajstić information content (AvgIpc) is 2.51. The zero-order chi connectivity index (χ0) is 17.1. The van der Waals surface area contributed by atoms with Gasteiger partial charge in [-0.1, -0.05) is 0 Å². The summed E-state index contributed by atoms with van der Waals surface area (Å²) in [5.74, 6) is -0.715. The Bertz CT molecular complexity index is 837. The third-order valence-electron chi connectivity index (χ3n) is 3.57. The summed E-state index contributed by atoms with van der Waals surface area (Å²) in [6, 6.07) is 3.37. The van der Waals surface area contributed by atoms with Crippen LogP contribution in [-0.4, -0.2) is 25.6 Å². The second-order valence-electron chi connectivity index (χ2n) is 5.07. The van der Waals surface area contributed by atoms with Crippen molar-refractivity contribution in [2.45, 2.75) is 20.3 Å². The number of benzene rings is 1. The van der Waals surface area contributed by atoms with E-state index in [9.17, 15) is 14.4 Å². The van der Waals surface area contributed by atoms with E-state index in [-0.39, 0.29) is 18.6 Å². The fourth-order valence-electron chi connectivity index (χ4n) is 2.30. The number of carbonyl (C=O) groups excluding carboxylic acids is 2. The highest BCUT2D eigenvalue weighted by Gasteiger charge is 2.17. The van der Waals surface area contributed by atoms with Crippen LogP contribution in [0.3, 0.4) is 0 Å². The Morgan fingerprint density at radius 1 is 1.22 bits per heavy atom. The first-order chi connectivity index (χ1) is 10.8. The Labute approximate surface area is 132 Å². The van der Waals surface area contributed by atoms with Gasteiger partial charge < -0.3 is 19.6 Å². The molecule has 0 unspecified atom stereocenters. The lowest BCUT2D eigenvalue weighted by Gasteiger charge is -2.12. The van der Waals surface area contributed by atoms with Crippen molar-refractivity contribution in [2.24, 2.45) is 5.73 Å². The standard InChI is InChI=1S/C16H17NO6/c1-8-10-4-5-12(22-7-13(17)18)9(2)15(10)23-16(20)11(8)6-14(19)21-3/h4-5H,6-7H2,1-3H3,(H2,17,18). The zero-order valence-corrected chi connectivity index (χ0v) is 13.1. The van der Waals surface area contributed by atoms with Crippen LogP contribution in [-0.2, 0) is 20.7 Å². The maximum atomic E-state index is 12.1. The maximum Gasteiger partial charge on any atom is 0.340 e. The van der Waals surface area contributed by atoms with Gasteiger partial charge in [-0.3, -0.25) is 9.59 Å². The number of esters is 1. The molecule has 0 aliphatic rings. The van der Waals surface area contributed by atoms with E-state index in [1.807, 2.05) is 0 Å². The van der Waals surface area contributed by atoms with Gasteiger partial charge in [0.2, 0.25) is 0 Å². The van der Waals surface area contributed by atoms with E-state index in [1.54, 1.807) is 26.0 Å². The highest BCUT2D eigenvalue weighted by Crippen LogP contribution is 2.29. The molecule has 2 rings (SSSR count). The summed E-state index contributed by atoms with van der Waals surface area (Å²) in [4.78, 5) is 34.4. The summed E-state index contributed by atoms with van der Waals surface area (Å²) in [5, 5.41) is 0.687. The highest BCUT2D eigenvalue weighted by molar-refractivity contribution is 5.87. The molecule has 0 saturated heterocycles. The minimum absolute atomic E-state index is 0.153. The van der Waals surface area contributed by atoms with Gasteiger partial charge in [-0.2, -0.15) is 0 Å². The molecule has 0 spiro atoms. The lowest BCUT2D eigenvalue weighted by atomic mass is 10.0. The normalized spacial score (nSPS) is 10.6. The summed E-state index contributed by atoms with van der Waals surface area (Å²) in [6.07, 6.45) is -0.153. The Hall–Kier alpha value is -2.83. The maximum absolute atomic E-state index is 12.1. The van der Waals surface area contributed by atoms with Crippen LogP contribution in [0.2, 0.25) is 0 Å². The van der Waals surface area contributed by atoms with E-state index in [2.05, 4.69) is 4.74 Å². The number of hydrogen-bond acceptors (Lipinski definition) is 6. The Kier molecular flexibility index (Phi) is 4.68. The van der Waals surface area contributed by atoms with Gasteiger partial charge in [-0.15, -0.1) is 0 Å². The smallest absolute Gasteiger partial charge is 0.340 e. The van der Waals surface area contributed by atoms with Crippen LogP contribution in [0.5, 0.6) is 5.75 Å². The first-order valence-corrected chi connectivity index (χ1v) is 6.89. The second-order valence-corrected chi connectivity index (χ2v) is 5.07. The number of ether oxygens (including phenoxy) is 2. The number of carbonyl (C=O) groups is 2. The van der Waals surface area contributed by atoms with Gasteiger partial charge in [-0.05, 0) is 31.5 Å². The molecule has 1 aromatic carbocycles. The molecule has 0 aliphatic heterocycles. The second kappa shape index (κ2) is 6.51. The van der Waals surface area contributed by atoms with Gasteiger partial charge in [-0.25, -0.2) is 4.79 Å². The molecule has 0 fully saturated rings. The lowest BCUT2D eigenvalue weighted by molar-refractivity contribution is -0.139. The first-order valence-electron chi connectivity index (χ1n) is 6.89. The number of primary amides is 1. The molecule has 23 heavy (non-hydrogen) atoms. The summed E-state index contributed by atoms with van der Waals surface area (Å²) >= 11 is 0. The van der Waals surface area contributed by atoms with Crippen LogP contribution >= 0.6 is 0 Å². The van der Waals surface area contributed by atoms with Crippen molar-refractivity contribution >= 4 is 22.8 Å². The van der Waals surface area contributed by atoms with Crippen LogP contribution in [0.4, 0.5) is 0 Å². The monoisotopic (exact) mass is 319 g/mol. The summed E-state index contributed by atoms with van der Waals surface area (Å²) in [7, 11) is 1.26. The quantitative estimate of drug-likeness (QED) is 0.650. The number of methoxy groups -OCH3 is 1. The number of fused-ring (bicyclic) bond motifs is 1. The minimum Gasteiger partial charge on any atom is -0.483 e. The van der Waals surface area contributed by atoms with E-state index in [0.717, 1.165) is 0 Å². The number of amides is 1. The Morgan fingerprint density at radius 2 is 1.91 bits per heavy atom. The van der Waals surface area contributed by atoms with Gasteiger partial charge in [0.25, 0.3) is 5.91 Å². The van der Waals surface area contributed by atoms with Crippen molar-refractivity contribution in [1.29, 1.82) is 0 Å². The molecule has 2 N–H and O–H groups in total. The Balaban J connectivity index is 2.55. The molecule has 1 aromatic heterocycles. The molecular weight excluding hydrogens is 302 g/mol. The van der Waals surface area contributed by atoms with Crippen molar-refractivity contribution in [1.82, 2.24) is 0 Å². The van der Waals surface area contributed by atoms with Gasteiger partial charge in [0.15, 0.2) is 6.61 Å². The van der Waals surface area contributed by atoms with Crippen LogP contribution in [0.1, 0.15) is 16.7 Å². The zero-order valence-electron chi connectivity index (χ0n) is 13.1. The molecule has 0 atom stereocenters. The molecule has 0 saturated carbocycles. The fourth-order valence-corrected chi connectivity index (χ4v) is 2.30. The third-order valence-corrected chi connectivity index (χ3v) is 3.57. The predicted octanol–water partition coefficient (Wildman–Crippen LogP) is 0.989. The number of nitrogens with two attached hydrogens (primary N) is 1. The molecule has 2 aromatic rings. The number of rotatable bonds is 5. The van der Waals surface area contributed by atoms with Gasteiger partial charge in [0.1, 0.15) is 11.3 Å². The minimum atomic E-state index is -0.601. The molecule has 0 aliphatic carbocycles. The van der Waals surface area contributed by atoms with Crippen molar-refractivity contribution in [3.63, 3.8) is 0 Å². The fraction of sp³-hybridized carbons (Fsp3) is 0.312. The highest BCUT2D eigenvalue weighted by atomic mass is 16.5. The van der Waals surface area contributed by atoms with Gasteiger partial charge in [0.05, 0.1) is 19.1 Å². The summed E-state index contributed by atoms with van der Waals surface area (Å²) < 4.78 is 15.2. The Morgan fingerprint density at radius 3 is 2.52 bits per heavy atom. The SMILES string of the molecule is COC(=O)Cc1c(C)c2ccc(OCC(N)=O)c(C)c2oc1=O. The van der Waals surface area contributed by atoms with E-state index in [1.165, 1.54) is 7.11 Å². The van der Waals surface area contributed by atoms with Crippen LogP contribution < -0.4 is 16.1 Å². The van der Waals surface area contributed by atoms with Crippen LogP contribution in [0, 0.1) is 13.8 Å². The average molecular weight is 319 g/mol. The van der Waals surface area contributed by atoms with Gasteiger partial charge >= 0.3 is 11.6 Å². The van der Waals surface area contributed by atoms with Crippen molar-refractivity contribution in [2.75, 3.05) is 13.7 Å². The first kappa shape index (κ1) is 16.5. The van der Waals surface area contributed by atoms with Crippen LogP contribution in [0.25, 0.3) is 11.0 Å². The third kappa shape index (κ3) is 3.33. The predicted molar refractivity (Wildman–Crippen MR) is 82.4 cm³/mol. The summed E-state index contributed by atoms with van der Waals surface area (Å²) in [6.45, 7) is 3.18. The number of hydrogen-bond donors (Lipinski definition) is 1. The van der Waals surface area contributed by atoms with Crippen molar-refractivity contribution < 1.29 is 23.5 Å². The molecule has 1 amide bonds.